The van der Waals surface area contributed by atoms with Gasteiger partial charge in [0.1, 0.15) is 11.4 Å². The van der Waals surface area contributed by atoms with Gasteiger partial charge < -0.3 is 15.2 Å². The number of nitrogens with one attached hydrogen (secondary N) is 1. The summed E-state index contributed by atoms with van der Waals surface area (Å²) in [5.41, 5.74) is 0.378. The molecule has 0 aliphatic heterocycles. The number of carboxylic acid groups (broad SMARTS) is 1. The van der Waals surface area contributed by atoms with Crippen LogP contribution in [0.1, 0.15) is 33.6 Å². The van der Waals surface area contributed by atoms with E-state index in [0.29, 0.717) is 18.5 Å². The fourth-order valence-corrected chi connectivity index (χ4v) is 2.30. The Balaban J connectivity index is 1.94. The lowest BCUT2D eigenvalue weighted by Gasteiger charge is -2.31. The van der Waals surface area contributed by atoms with Crippen LogP contribution in [0.2, 0.25) is 0 Å². The van der Waals surface area contributed by atoms with Crippen molar-refractivity contribution in [3.05, 3.63) is 24.3 Å². The zero-order chi connectivity index (χ0) is 15.6. The van der Waals surface area contributed by atoms with E-state index in [2.05, 4.69) is 5.32 Å². The number of rotatable bonds is 4. The molecule has 5 heteroatoms. The van der Waals surface area contributed by atoms with E-state index < -0.39 is 17.8 Å². The SMILES string of the molecule is CC(C)(C)Oc1ccc(NC(=O)C2CCC2C(=O)O)cc1. The van der Waals surface area contributed by atoms with Crippen LogP contribution >= 0.6 is 0 Å². The molecule has 0 saturated heterocycles. The quantitative estimate of drug-likeness (QED) is 0.894. The molecule has 1 aliphatic rings. The molecule has 2 unspecified atom stereocenters. The summed E-state index contributed by atoms with van der Waals surface area (Å²) in [6.07, 6.45) is 1.21. The summed E-state index contributed by atoms with van der Waals surface area (Å²) < 4.78 is 5.70. The van der Waals surface area contributed by atoms with Crippen molar-refractivity contribution in [1.82, 2.24) is 0 Å². The molecule has 1 aromatic carbocycles. The summed E-state index contributed by atoms with van der Waals surface area (Å²) >= 11 is 0. The molecule has 0 bridgehead atoms. The van der Waals surface area contributed by atoms with Crippen LogP contribution in [0.3, 0.4) is 0 Å². The Morgan fingerprint density at radius 3 is 2.14 bits per heavy atom. The van der Waals surface area contributed by atoms with Crippen LogP contribution in [0, 0.1) is 11.8 Å². The molecule has 0 aromatic heterocycles. The summed E-state index contributed by atoms with van der Waals surface area (Å²) in [6, 6.07) is 7.09. The van der Waals surface area contributed by atoms with Gasteiger partial charge in [0.05, 0.1) is 11.8 Å². The number of carbonyl (C=O) groups is 2. The summed E-state index contributed by atoms with van der Waals surface area (Å²) in [5, 5.41) is 11.7. The van der Waals surface area contributed by atoms with Gasteiger partial charge in [-0.05, 0) is 57.9 Å². The van der Waals surface area contributed by atoms with E-state index in [1.54, 1.807) is 24.3 Å². The van der Waals surface area contributed by atoms with E-state index in [0.717, 1.165) is 5.75 Å². The number of hydrogen-bond donors (Lipinski definition) is 2. The highest BCUT2D eigenvalue weighted by Gasteiger charge is 2.41. The van der Waals surface area contributed by atoms with Crippen molar-refractivity contribution in [1.29, 1.82) is 0 Å². The molecule has 21 heavy (non-hydrogen) atoms. The summed E-state index contributed by atoms with van der Waals surface area (Å²) in [6.45, 7) is 5.89. The van der Waals surface area contributed by atoms with Gasteiger partial charge in [-0.25, -0.2) is 0 Å². The summed E-state index contributed by atoms with van der Waals surface area (Å²) in [4.78, 5) is 22.9. The summed E-state index contributed by atoms with van der Waals surface area (Å²) in [5.74, 6) is -1.36. The Hall–Kier alpha value is -2.04. The minimum Gasteiger partial charge on any atom is -0.488 e. The normalized spacial score (nSPS) is 21.3. The minimum absolute atomic E-state index is 0.224. The number of hydrogen-bond acceptors (Lipinski definition) is 3. The van der Waals surface area contributed by atoms with Crippen molar-refractivity contribution in [2.75, 3.05) is 5.32 Å². The molecule has 1 saturated carbocycles. The maximum absolute atomic E-state index is 12.0. The van der Waals surface area contributed by atoms with E-state index in [1.807, 2.05) is 20.8 Å². The Kier molecular flexibility index (Phi) is 4.21. The van der Waals surface area contributed by atoms with Crippen molar-refractivity contribution in [2.24, 2.45) is 11.8 Å². The molecular formula is C16H21NO4. The molecule has 1 aromatic rings. The van der Waals surface area contributed by atoms with Crippen LogP contribution in [-0.4, -0.2) is 22.6 Å². The first-order valence-corrected chi connectivity index (χ1v) is 7.09. The number of carbonyl (C=O) groups excluding carboxylic acids is 1. The largest absolute Gasteiger partial charge is 0.488 e. The number of ether oxygens (including phenoxy) is 1. The topological polar surface area (TPSA) is 75.6 Å². The Labute approximate surface area is 124 Å². The molecule has 1 amide bonds. The van der Waals surface area contributed by atoms with Crippen LogP contribution in [0.5, 0.6) is 5.75 Å². The number of benzene rings is 1. The highest BCUT2D eigenvalue weighted by molar-refractivity contribution is 5.96. The predicted molar refractivity (Wildman–Crippen MR) is 79.3 cm³/mol. The van der Waals surface area contributed by atoms with Crippen molar-refractivity contribution in [3.8, 4) is 5.75 Å². The van der Waals surface area contributed by atoms with Gasteiger partial charge in [-0.3, -0.25) is 9.59 Å². The molecule has 0 radical (unpaired) electrons. The summed E-state index contributed by atoms with van der Waals surface area (Å²) in [7, 11) is 0. The Morgan fingerprint density at radius 1 is 1.14 bits per heavy atom. The second kappa shape index (κ2) is 5.76. The van der Waals surface area contributed by atoms with E-state index in [1.165, 1.54) is 0 Å². The van der Waals surface area contributed by atoms with Gasteiger partial charge in [0.15, 0.2) is 0 Å². The molecule has 1 aliphatic carbocycles. The standard InChI is InChI=1S/C16H21NO4/c1-16(2,3)21-11-6-4-10(5-7-11)17-14(18)12-8-9-13(12)15(19)20/h4-7,12-13H,8-9H2,1-3H3,(H,17,18)(H,19,20). The smallest absolute Gasteiger partial charge is 0.307 e. The molecule has 2 rings (SSSR count). The van der Waals surface area contributed by atoms with E-state index in [9.17, 15) is 9.59 Å². The van der Waals surface area contributed by atoms with Crippen LogP contribution in [0.25, 0.3) is 0 Å². The molecule has 2 atom stereocenters. The predicted octanol–water partition coefficient (Wildman–Crippen LogP) is 2.91. The highest BCUT2D eigenvalue weighted by Crippen LogP contribution is 2.35. The molecule has 114 valence electrons. The van der Waals surface area contributed by atoms with Crippen molar-refractivity contribution in [2.45, 2.75) is 39.2 Å². The maximum Gasteiger partial charge on any atom is 0.307 e. The van der Waals surface area contributed by atoms with Crippen molar-refractivity contribution >= 4 is 17.6 Å². The maximum atomic E-state index is 12.0. The molecule has 0 spiro atoms. The first-order valence-electron chi connectivity index (χ1n) is 7.09. The van der Waals surface area contributed by atoms with E-state index in [-0.39, 0.29) is 11.5 Å². The van der Waals surface area contributed by atoms with Gasteiger partial charge in [0.2, 0.25) is 5.91 Å². The lowest BCUT2D eigenvalue weighted by atomic mass is 9.73. The zero-order valence-corrected chi connectivity index (χ0v) is 12.6. The van der Waals surface area contributed by atoms with Gasteiger partial charge >= 0.3 is 5.97 Å². The number of carboxylic acids is 1. The number of aliphatic carboxylic acids is 1. The minimum atomic E-state index is -0.893. The first-order chi connectivity index (χ1) is 9.76. The monoisotopic (exact) mass is 291 g/mol. The Bertz CT molecular complexity index is 530. The second-order valence-electron chi connectivity index (χ2n) is 6.36. The van der Waals surface area contributed by atoms with Gasteiger partial charge in [0.25, 0.3) is 0 Å². The van der Waals surface area contributed by atoms with Gasteiger partial charge in [0, 0.05) is 5.69 Å². The van der Waals surface area contributed by atoms with Crippen LogP contribution in [-0.2, 0) is 9.59 Å². The zero-order valence-electron chi connectivity index (χ0n) is 12.6. The molecular weight excluding hydrogens is 270 g/mol. The molecule has 1 fully saturated rings. The molecule has 5 nitrogen and oxygen atoms in total. The van der Waals surface area contributed by atoms with Crippen molar-refractivity contribution < 1.29 is 19.4 Å². The van der Waals surface area contributed by atoms with Crippen LogP contribution < -0.4 is 10.1 Å². The third-order valence-electron chi connectivity index (χ3n) is 3.47. The average Bonchev–Trinajstić information content (AvgIpc) is 2.27. The van der Waals surface area contributed by atoms with Crippen LogP contribution in [0.4, 0.5) is 5.69 Å². The fraction of sp³-hybridized carbons (Fsp3) is 0.500. The fourth-order valence-electron chi connectivity index (χ4n) is 2.30. The van der Waals surface area contributed by atoms with Gasteiger partial charge in [-0.15, -0.1) is 0 Å². The average molecular weight is 291 g/mol. The number of anilines is 1. The highest BCUT2D eigenvalue weighted by atomic mass is 16.5. The van der Waals surface area contributed by atoms with E-state index >= 15 is 0 Å². The van der Waals surface area contributed by atoms with Crippen molar-refractivity contribution in [3.63, 3.8) is 0 Å². The lowest BCUT2D eigenvalue weighted by Crippen LogP contribution is -2.41. The molecule has 0 heterocycles. The van der Waals surface area contributed by atoms with Gasteiger partial charge in [-0.2, -0.15) is 0 Å². The number of amides is 1. The first kappa shape index (κ1) is 15.4. The third kappa shape index (κ3) is 3.97. The molecule has 2 N–H and O–H groups in total. The van der Waals surface area contributed by atoms with E-state index in [4.69, 9.17) is 9.84 Å². The lowest BCUT2D eigenvalue weighted by molar-refractivity contribution is -0.151. The van der Waals surface area contributed by atoms with Crippen LogP contribution in [0.15, 0.2) is 24.3 Å². The Morgan fingerprint density at radius 2 is 1.71 bits per heavy atom. The van der Waals surface area contributed by atoms with Gasteiger partial charge in [-0.1, -0.05) is 0 Å². The third-order valence-corrected chi connectivity index (χ3v) is 3.47. The second-order valence-corrected chi connectivity index (χ2v) is 6.36.